The van der Waals surface area contributed by atoms with Gasteiger partial charge < -0.3 is 20.9 Å². The number of ether oxygens (including phenoxy) is 1. The van der Waals surface area contributed by atoms with E-state index in [2.05, 4.69) is 15.3 Å². The van der Waals surface area contributed by atoms with Gasteiger partial charge in [-0.1, -0.05) is 18.2 Å². The smallest absolute Gasteiger partial charge is 0.475 e. The Balaban J connectivity index is 0.000000405. The van der Waals surface area contributed by atoms with Gasteiger partial charge in [0.2, 0.25) is 0 Å². The summed E-state index contributed by atoms with van der Waals surface area (Å²) in [5, 5.41) is 15.6. The van der Waals surface area contributed by atoms with E-state index in [0.29, 0.717) is 41.3 Å². The zero-order chi connectivity index (χ0) is 26.6. The van der Waals surface area contributed by atoms with Crippen LogP contribution in [0.2, 0.25) is 0 Å². The number of aliphatic carboxylic acids is 1. The number of aromatic nitrogens is 4. The standard InChI is InChI=1S/C22H21FN6O.C2HF3O2/c23-17-12-25-11-10-18(17)29-22-19(21(24)26-13-27-22)20(28-29)14-6-8-16(9-7-14)30-15-4-2-1-3-5-15;3-2(4,5)1(6)7/h1-9,13,17-18,25H,10-12H2,(H2,24,26,27);(H,6,7). The van der Waals surface area contributed by atoms with Gasteiger partial charge in [-0.3, -0.25) is 0 Å². The number of carboxylic acids is 1. The van der Waals surface area contributed by atoms with E-state index in [1.807, 2.05) is 54.6 Å². The molecule has 0 bridgehead atoms. The predicted molar refractivity (Wildman–Crippen MR) is 127 cm³/mol. The lowest BCUT2D eigenvalue weighted by Crippen LogP contribution is -2.39. The Labute approximate surface area is 207 Å². The molecule has 0 spiro atoms. The van der Waals surface area contributed by atoms with Crippen LogP contribution in [0.4, 0.5) is 23.4 Å². The van der Waals surface area contributed by atoms with Crippen LogP contribution >= 0.6 is 0 Å². The monoisotopic (exact) mass is 518 g/mol. The minimum Gasteiger partial charge on any atom is -0.475 e. The normalized spacial score (nSPS) is 17.6. The molecule has 4 aromatic rings. The maximum absolute atomic E-state index is 14.6. The molecule has 194 valence electrons. The highest BCUT2D eigenvalue weighted by atomic mass is 19.4. The van der Waals surface area contributed by atoms with Crippen molar-refractivity contribution in [3.63, 3.8) is 0 Å². The maximum Gasteiger partial charge on any atom is 0.490 e. The van der Waals surface area contributed by atoms with E-state index in [1.54, 1.807) is 4.68 Å². The SMILES string of the molecule is Nc1ncnc2c1c(-c1ccc(Oc3ccccc3)cc1)nn2C1CCNCC1F.O=C(O)C(F)(F)F. The molecule has 13 heteroatoms. The molecule has 0 radical (unpaired) electrons. The first-order chi connectivity index (χ1) is 17.6. The summed E-state index contributed by atoms with van der Waals surface area (Å²) in [6.45, 7) is 1.03. The van der Waals surface area contributed by atoms with E-state index in [1.165, 1.54) is 6.33 Å². The number of carbonyl (C=O) groups is 1. The number of nitrogens with zero attached hydrogens (tertiary/aromatic N) is 4. The van der Waals surface area contributed by atoms with Gasteiger partial charge in [-0.15, -0.1) is 0 Å². The summed E-state index contributed by atoms with van der Waals surface area (Å²) in [6, 6.07) is 16.7. The van der Waals surface area contributed by atoms with E-state index in [0.717, 1.165) is 17.9 Å². The number of rotatable bonds is 4. The van der Waals surface area contributed by atoms with Crippen LogP contribution in [0.1, 0.15) is 12.5 Å². The third-order valence-corrected chi connectivity index (χ3v) is 5.56. The number of nitrogens with two attached hydrogens (primary N) is 1. The number of hydrogen-bond donors (Lipinski definition) is 3. The Morgan fingerprint density at radius 2 is 1.73 bits per heavy atom. The van der Waals surface area contributed by atoms with Gasteiger partial charge in [-0.05, 0) is 49.4 Å². The quantitative estimate of drug-likeness (QED) is 0.340. The highest BCUT2D eigenvalue weighted by molar-refractivity contribution is 5.98. The molecule has 1 saturated heterocycles. The highest BCUT2D eigenvalue weighted by Crippen LogP contribution is 2.35. The van der Waals surface area contributed by atoms with Crippen molar-refractivity contribution in [2.45, 2.75) is 24.8 Å². The van der Waals surface area contributed by atoms with Crippen LogP contribution in [-0.4, -0.2) is 56.3 Å². The fraction of sp³-hybridized carbons (Fsp3) is 0.250. The first-order valence-corrected chi connectivity index (χ1v) is 11.1. The molecule has 37 heavy (non-hydrogen) atoms. The van der Waals surface area contributed by atoms with Gasteiger partial charge in [0.15, 0.2) is 5.65 Å². The van der Waals surface area contributed by atoms with Crippen LogP contribution in [-0.2, 0) is 4.79 Å². The maximum atomic E-state index is 14.6. The van der Waals surface area contributed by atoms with Gasteiger partial charge >= 0.3 is 12.1 Å². The van der Waals surface area contributed by atoms with Crippen molar-refractivity contribution in [2.24, 2.45) is 0 Å². The molecule has 1 aliphatic rings. The van der Waals surface area contributed by atoms with Crippen molar-refractivity contribution in [1.82, 2.24) is 25.1 Å². The number of carboxylic acid groups (broad SMARTS) is 1. The zero-order valence-corrected chi connectivity index (χ0v) is 19.2. The number of alkyl halides is 4. The van der Waals surface area contributed by atoms with Crippen molar-refractivity contribution in [1.29, 1.82) is 0 Å². The number of nitrogens with one attached hydrogen (secondary N) is 1. The summed E-state index contributed by atoms with van der Waals surface area (Å²) in [4.78, 5) is 17.4. The zero-order valence-electron chi connectivity index (χ0n) is 19.2. The lowest BCUT2D eigenvalue weighted by Gasteiger charge is -2.27. The van der Waals surface area contributed by atoms with Crippen molar-refractivity contribution in [3.8, 4) is 22.8 Å². The average Bonchev–Trinajstić information content (AvgIpc) is 3.26. The average molecular weight is 518 g/mol. The molecule has 0 amide bonds. The fourth-order valence-corrected chi connectivity index (χ4v) is 3.82. The van der Waals surface area contributed by atoms with E-state index in [-0.39, 0.29) is 0 Å². The molecule has 2 atom stereocenters. The minimum atomic E-state index is -5.08. The van der Waals surface area contributed by atoms with E-state index in [4.69, 9.17) is 25.5 Å². The number of hydrogen-bond acceptors (Lipinski definition) is 7. The van der Waals surface area contributed by atoms with Gasteiger partial charge in [0.05, 0.1) is 11.4 Å². The molecule has 9 nitrogen and oxygen atoms in total. The number of para-hydroxylation sites is 1. The lowest BCUT2D eigenvalue weighted by atomic mass is 10.1. The van der Waals surface area contributed by atoms with Crippen molar-refractivity contribution < 1.29 is 32.2 Å². The summed E-state index contributed by atoms with van der Waals surface area (Å²) in [5.41, 5.74) is 8.20. The molecule has 0 saturated carbocycles. The summed E-state index contributed by atoms with van der Waals surface area (Å²) in [5.74, 6) is -0.958. The van der Waals surface area contributed by atoms with Crippen LogP contribution in [0.5, 0.6) is 11.5 Å². The number of anilines is 1. The minimum absolute atomic E-state index is 0.299. The number of fused-ring (bicyclic) bond motifs is 1. The van der Waals surface area contributed by atoms with Crippen molar-refractivity contribution in [2.75, 3.05) is 18.8 Å². The molecule has 2 unspecified atom stereocenters. The summed E-state index contributed by atoms with van der Waals surface area (Å²) in [7, 11) is 0. The molecule has 1 aliphatic heterocycles. The topological polar surface area (TPSA) is 128 Å². The second-order valence-corrected chi connectivity index (χ2v) is 8.07. The van der Waals surface area contributed by atoms with E-state index < -0.39 is 24.4 Å². The number of halogens is 4. The first-order valence-electron chi connectivity index (χ1n) is 11.1. The molecule has 0 aliphatic carbocycles. The summed E-state index contributed by atoms with van der Waals surface area (Å²) < 4.78 is 53.9. The van der Waals surface area contributed by atoms with Crippen LogP contribution in [0, 0.1) is 0 Å². The molecule has 2 aromatic carbocycles. The van der Waals surface area contributed by atoms with E-state index >= 15 is 0 Å². The predicted octanol–water partition coefficient (Wildman–Crippen LogP) is 4.37. The largest absolute Gasteiger partial charge is 0.490 e. The van der Waals surface area contributed by atoms with Crippen molar-refractivity contribution in [3.05, 3.63) is 60.9 Å². The molecule has 4 N–H and O–H groups in total. The molecule has 2 aromatic heterocycles. The number of benzene rings is 2. The Bertz CT molecular complexity index is 1360. The van der Waals surface area contributed by atoms with Crippen LogP contribution in [0.25, 0.3) is 22.3 Å². The molecular weight excluding hydrogens is 496 g/mol. The Morgan fingerprint density at radius 1 is 1.08 bits per heavy atom. The Morgan fingerprint density at radius 3 is 2.35 bits per heavy atom. The molecule has 3 heterocycles. The fourth-order valence-electron chi connectivity index (χ4n) is 3.82. The van der Waals surface area contributed by atoms with Crippen LogP contribution in [0.15, 0.2) is 60.9 Å². The van der Waals surface area contributed by atoms with Gasteiger partial charge in [0.25, 0.3) is 0 Å². The van der Waals surface area contributed by atoms with Gasteiger partial charge in [0, 0.05) is 12.1 Å². The van der Waals surface area contributed by atoms with Crippen LogP contribution < -0.4 is 15.8 Å². The summed E-state index contributed by atoms with van der Waals surface area (Å²) >= 11 is 0. The first kappa shape index (κ1) is 25.8. The number of piperidine rings is 1. The van der Waals surface area contributed by atoms with Crippen molar-refractivity contribution >= 4 is 22.8 Å². The summed E-state index contributed by atoms with van der Waals surface area (Å²) in [6.07, 6.45) is -4.11. The third-order valence-electron chi connectivity index (χ3n) is 5.56. The third kappa shape index (κ3) is 5.94. The molecular formula is C24H22F4N6O3. The lowest BCUT2D eigenvalue weighted by molar-refractivity contribution is -0.192. The number of nitrogen functional groups attached to an aromatic ring is 1. The second kappa shape index (κ2) is 10.8. The van der Waals surface area contributed by atoms with Gasteiger partial charge in [0.1, 0.15) is 35.5 Å². The second-order valence-electron chi connectivity index (χ2n) is 8.07. The van der Waals surface area contributed by atoms with Gasteiger partial charge in [-0.25, -0.2) is 23.8 Å². The van der Waals surface area contributed by atoms with Gasteiger partial charge in [-0.2, -0.15) is 18.3 Å². The Hall–Kier alpha value is -4.26. The molecule has 1 fully saturated rings. The molecule has 5 rings (SSSR count). The van der Waals surface area contributed by atoms with E-state index in [9.17, 15) is 17.6 Å². The Kier molecular flexibility index (Phi) is 7.53. The van der Waals surface area contributed by atoms with Crippen LogP contribution in [0.3, 0.4) is 0 Å². The highest BCUT2D eigenvalue weighted by Gasteiger charge is 2.38.